The van der Waals surface area contributed by atoms with Gasteiger partial charge in [0, 0.05) is 19.3 Å². The summed E-state index contributed by atoms with van der Waals surface area (Å²) < 4.78 is 0. The van der Waals surface area contributed by atoms with Crippen molar-refractivity contribution in [3.8, 4) is 0 Å². The second kappa shape index (κ2) is 5.68. The monoisotopic (exact) mass is 233 g/mol. The lowest BCUT2D eigenvalue weighted by Crippen LogP contribution is -2.28. The summed E-state index contributed by atoms with van der Waals surface area (Å²) in [5.74, 6) is 0.565. The predicted octanol–water partition coefficient (Wildman–Crippen LogP) is 1.90. The van der Waals surface area contributed by atoms with Gasteiger partial charge in [-0.1, -0.05) is 12.1 Å². The van der Waals surface area contributed by atoms with E-state index in [1.807, 2.05) is 12.1 Å². The van der Waals surface area contributed by atoms with Gasteiger partial charge in [-0.15, -0.1) is 0 Å². The average Bonchev–Trinajstić information content (AvgIpc) is 2.40. The Labute approximate surface area is 102 Å². The highest BCUT2D eigenvalue weighted by atomic mass is 16.2. The number of hydrogen-bond donors (Lipinski definition) is 3. The van der Waals surface area contributed by atoms with Gasteiger partial charge in [-0.05, 0) is 43.0 Å². The van der Waals surface area contributed by atoms with Gasteiger partial charge in [-0.3, -0.25) is 0 Å². The van der Waals surface area contributed by atoms with E-state index in [0.29, 0.717) is 5.92 Å². The first-order valence-electron chi connectivity index (χ1n) is 6.09. The van der Waals surface area contributed by atoms with Crippen molar-refractivity contribution in [1.82, 2.24) is 10.6 Å². The van der Waals surface area contributed by atoms with E-state index in [9.17, 15) is 4.79 Å². The van der Waals surface area contributed by atoms with E-state index in [1.165, 1.54) is 18.4 Å². The number of anilines is 1. The number of piperidine rings is 1. The first kappa shape index (κ1) is 11.9. The summed E-state index contributed by atoms with van der Waals surface area (Å²) in [6.07, 6.45) is 2.44. The van der Waals surface area contributed by atoms with Crippen LogP contribution in [0.5, 0.6) is 0 Å². The zero-order valence-corrected chi connectivity index (χ0v) is 10.1. The number of carbonyl (C=O) groups excluding carboxylic acids is 1. The second-order valence-corrected chi connectivity index (χ2v) is 4.37. The molecule has 3 N–H and O–H groups in total. The van der Waals surface area contributed by atoms with E-state index >= 15 is 0 Å². The third-order valence-electron chi connectivity index (χ3n) is 3.14. The topological polar surface area (TPSA) is 53.2 Å². The van der Waals surface area contributed by atoms with Gasteiger partial charge in [0.2, 0.25) is 0 Å². The lowest BCUT2D eigenvalue weighted by Gasteiger charge is -2.23. The highest BCUT2D eigenvalue weighted by Crippen LogP contribution is 2.25. The van der Waals surface area contributed by atoms with Crippen molar-refractivity contribution >= 4 is 11.7 Å². The number of benzene rings is 1. The zero-order valence-electron chi connectivity index (χ0n) is 10.1. The highest BCUT2D eigenvalue weighted by molar-refractivity contribution is 5.89. The van der Waals surface area contributed by atoms with Crippen molar-refractivity contribution in [1.29, 1.82) is 0 Å². The smallest absolute Gasteiger partial charge is 0.318 e. The van der Waals surface area contributed by atoms with Crippen LogP contribution in [-0.4, -0.2) is 26.2 Å². The van der Waals surface area contributed by atoms with Crippen molar-refractivity contribution in [3.05, 3.63) is 29.8 Å². The van der Waals surface area contributed by atoms with E-state index < -0.39 is 0 Å². The highest BCUT2D eigenvalue weighted by Gasteiger charge is 2.15. The molecule has 4 nitrogen and oxygen atoms in total. The zero-order chi connectivity index (χ0) is 12.1. The molecule has 17 heavy (non-hydrogen) atoms. The molecule has 1 aliphatic heterocycles. The van der Waals surface area contributed by atoms with Crippen molar-refractivity contribution in [2.24, 2.45) is 0 Å². The molecule has 1 fully saturated rings. The maximum Gasteiger partial charge on any atom is 0.318 e. The van der Waals surface area contributed by atoms with Crippen molar-refractivity contribution < 1.29 is 4.79 Å². The molecule has 1 heterocycles. The van der Waals surface area contributed by atoms with Crippen LogP contribution in [0.15, 0.2) is 24.3 Å². The van der Waals surface area contributed by atoms with Gasteiger partial charge in [0.15, 0.2) is 0 Å². The summed E-state index contributed by atoms with van der Waals surface area (Å²) in [5, 5.41) is 8.76. The average molecular weight is 233 g/mol. The normalized spacial score (nSPS) is 19.7. The number of hydrogen-bond acceptors (Lipinski definition) is 2. The fourth-order valence-electron chi connectivity index (χ4n) is 2.20. The summed E-state index contributed by atoms with van der Waals surface area (Å²) >= 11 is 0. The molecule has 92 valence electrons. The minimum absolute atomic E-state index is 0.177. The molecule has 4 heteroatoms. The van der Waals surface area contributed by atoms with Crippen LogP contribution in [-0.2, 0) is 0 Å². The first-order valence-corrected chi connectivity index (χ1v) is 6.09. The Kier molecular flexibility index (Phi) is 3.98. The maximum absolute atomic E-state index is 11.2. The van der Waals surface area contributed by atoms with Gasteiger partial charge in [-0.25, -0.2) is 4.79 Å². The van der Waals surface area contributed by atoms with Gasteiger partial charge in [0.25, 0.3) is 0 Å². The molecule has 1 aliphatic rings. The van der Waals surface area contributed by atoms with Crippen LogP contribution in [0.2, 0.25) is 0 Å². The van der Waals surface area contributed by atoms with Crippen LogP contribution >= 0.6 is 0 Å². The summed E-state index contributed by atoms with van der Waals surface area (Å²) in [7, 11) is 1.62. The Balaban J connectivity index is 2.07. The molecule has 2 rings (SSSR count). The largest absolute Gasteiger partial charge is 0.341 e. The van der Waals surface area contributed by atoms with Crippen molar-refractivity contribution in [2.45, 2.75) is 18.8 Å². The van der Waals surface area contributed by atoms with Crippen LogP contribution in [0.3, 0.4) is 0 Å². The fraction of sp³-hybridized carbons (Fsp3) is 0.462. The van der Waals surface area contributed by atoms with Gasteiger partial charge in [0.1, 0.15) is 0 Å². The van der Waals surface area contributed by atoms with Crippen molar-refractivity contribution in [3.63, 3.8) is 0 Å². The van der Waals surface area contributed by atoms with E-state index in [1.54, 1.807) is 7.05 Å². The summed E-state index contributed by atoms with van der Waals surface area (Å²) in [6.45, 7) is 2.15. The van der Waals surface area contributed by atoms with Crippen LogP contribution < -0.4 is 16.0 Å². The van der Waals surface area contributed by atoms with E-state index in [-0.39, 0.29) is 6.03 Å². The Bertz CT molecular complexity index is 386. The third-order valence-corrected chi connectivity index (χ3v) is 3.14. The Hall–Kier alpha value is -1.55. The van der Waals surface area contributed by atoms with E-state index in [2.05, 4.69) is 28.1 Å². The molecule has 0 saturated carbocycles. The first-order chi connectivity index (χ1) is 8.29. The van der Waals surface area contributed by atoms with Gasteiger partial charge >= 0.3 is 6.03 Å². The lowest BCUT2D eigenvalue weighted by molar-refractivity contribution is 0.254. The molecule has 0 aromatic heterocycles. The molecule has 0 aliphatic carbocycles. The minimum atomic E-state index is -0.177. The number of rotatable bonds is 2. The molecule has 1 atom stereocenters. The summed E-state index contributed by atoms with van der Waals surface area (Å²) in [6, 6.07) is 7.92. The Morgan fingerprint density at radius 1 is 1.47 bits per heavy atom. The minimum Gasteiger partial charge on any atom is -0.341 e. The number of nitrogens with one attached hydrogen (secondary N) is 3. The number of carbonyl (C=O) groups is 1. The third kappa shape index (κ3) is 3.20. The molecule has 0 radical (unpaired) electrons. The summed E-state index contributed by atoms with van der Waals surface area (Å²) in [5.41, 5.74) is 2.15. The molecule has 1 saturated heterocycles. The lowest BCUT2D eigenvalue weighted by atomic mass is 9.91. The molecule has 0 bridgehead atoms. The molecule has 0 spiro atoms. The van der Waals surface area contributed by atoms with Crippen LogP contribution in [0.4, 0.5) is 10.5 Å². The number of amides is 2. The quantitative estimate of drug-likeness (QED) is 0.731. The Morgan fingerprint density at radius 3 is 3.06 bits per heavy atom. The van der Waals surface area contributed by atoms with Crippen molar-refractivity contribution in [2.75, 3.05) is 25.5 Å². The molecular formula is C13H19N3O. The standard InChI is InChI=1S/C13H19N3O/c1-14-13(17)16-12-6-2-4-10(8-12)11-5-3-7-15-9-11/h2,4,6,8,11,15H,3,5,7,9H2,1H3,(H2,14,16,17). The predicted molar refractivity (Wildman–Crippen MR) is 69.4 cm³/mol. The molecule has 1 unspecified atom stereocenters. The Morgan fingerprint density at radius 2 is 2.35 bits per heavy atom. The second-order valence-electron chi connectivity index (χ2n) is 4.37. The van der Waals surface area contributed by atoms with Gasteiger partial charge in [-0.2, -0.15) is 0 Å². The van der Waals surface area contributed by atoms with E-state index in [4.69, 9.17) is 0 Å². The van der Waals surface area contributed by atoms with Crippen LogP contribution in [0.1, 0.15) is 24.3 Å². The maximum atomic E-state index is 11.2. The molecule has 1 aromatic rings. The summed E-state index contributed by atoms with van der Waals surface area (Å²) in [4.78, 5) is 11.2. The SMILES string of the molecule is CNC(=O)Nc1cccc(C2CCCNC2)c1. The van der Waals surface area contributed by atoms with Gasteiger partial charge < -0.3 is 16.0 Å². The molecule has 2 amide bonds. The molecule has 1 aromatic carbocycles. The number of urea groups is 1. The molecular weight excluding hydrogens is 214 g/mol. The van der Waals surface area contributed by atoms with Gasteiger partial charge in [0.05, 0.1) is 0 Å². The van der Waals surface area contributed by atoms with E-state index in [0.717, 1.165) is 18.8 Å². The van der Waals surface area contributed by atoms with Crippen LogP contribution in [0.25, 0.3) is 0 Å². The van der Waals surface area contributed by atoms with Crippen LogP contribution in [0, 0.1) is 0 Å². The fourth-order valence-corrected chi connectivity index (χ4v) is 2.20.